The van der Waals surface area contributed by atoms with Crippen molar-refractivity contribution < 1.29 is 14.3 Å². The predicted molar refractivity (Wildman–Crippen MR) is 129 cm³/mol. The zero-order chi connectivity index (χ0) is 23.2. The Bertz CT molecular complexity index is 1170. The highest BCUT2D eigenvalue weighted by atomic mass is 35.5. The molecule has 33 heavy (non-hydrogen) atoms. The van der Waals surface area contributed by atoms with E-state index in [0.29, 0.717) is 35.8 Å². The van der Waals surface area contributed by atoms with Crippen LogP contribution in [0, 0.1) is 11.8 Å². The van der Waals surface area contributed by atoms with Gasteiger partial charge in [-0.3, -0.25) is 9.36 Å². The number of carbonyl (C=O) groups excluding carboxylic acids is 1. The number of imidazole rings is 1. The average molecular weight is 487 g/mol. The summed E-state index contributed by atoms with van der Waals surface area (Å²) in [5.74, 6) is 6.87. The number of carbonyl (C=O) groups is 1. The maximum atomic E-state index is 11.7. The van der Waals surface area contributed by atoms with Crippen LogP contribution in [0.1, 0.15) is 70.8 Å². The lowest BCUT2D eigenvalue weighted by molar-refractivity contribution is -0.151. The fraction of sp³-hybridized carbons (Fsp3) is 0.500. The first-order valence-corrected chi connectivity index (χ1v) is 12.6. The summed E-state index contributed by atoms with van der Waals surface area (Å²) in [6, 6.07) is 3.92. The number of hydrogen-bond acceptors (Lipinski definition) is 7. The standard InChI is InChI=1S/C24H27ClN4O3S/c1-3-4-5-6-7-8-9-12-19-26-21(25)20-23(27-19)29(22(28-20)18-11-10-15-33-18)24-17(13-14-31-24)32-16(2)30/h10-11,15,17,24H,3-8,13-14H2,1-2H3. The highest BCUT2D eigenvalue weighted by Gasteiger charge is 2.36. The van der Waals surface area contributed by atoms with Crippen LogP contribution in [0.4, 0.5) is 0 Å². The molecule has 1 saturated heterocycles. The van der Waals surface area contributed by atoms with Crippen LogP contribution in [0.5, 0.6) is 0 Å². The Kier molecular flexibility index (Phi) is 7.97. The highest BCUT2D eigenvalue weighted by Crippen LogP contribution is 2.37. The third kappa shape index (κ3) is 5.55. The number of halogens is 1. The number of fused-ring (bicyclic) bond motifs is 1. The fourth-order valence-corrected chi connectivity index (χ4v) is 4.82. The summed E-state index contributed by atoms with van der Waals surface area (Å²) in [6.07, 6.45) is 6.35. The zero-order valence-electron chi connectivity index (χ0n) is 18.8. The molecule has 174 valence electrons. The lowest BCUT2D eigenvalue weighted by atomic mass is 10.1. The molecule has 0 radical (unpaired) electrons. The molecule has 4 heterocycles. The number of ether oxygens (including phenoxy) is 2. The first-order chi connectivity index (χ1) is 16.1. The molecule has 0 spiro atoms. The maximum absolute atomic E-state index is 11.7. The second kappa shape index (κ2) is 11.1. The van der Waals surface area contributed by atoms with E-state index in [1.54, 1.807) is 11.3 Å². The van der Waals surface area contributed by atoms with Gasteiger partial charge < -0.3 is 9.47 Å². The van der Waals surface area contributed by atoms with Crippen LogP contribution < -0.4 is 0 Å². The van der Waals surface area contributed by atoms with Gasteiger partial charge >= 0.3 is 5.97 Å². The van der Waals surface area contributed by atoms with Crippen molar-refractivity contribution >= 4 is 40.1 Å². The molecule has 2 unspecified atom stereocenters. The molecule has 0 saturated carbocycles. The van der Waals surface area contributed by atoms with Gasteiger partial charge in [0.25, 0.3) is 0 Å². The largest absolute Gasteiger partial charge is 0.458 e. The SMILES string of the molecule is CCCCCCCC#Cc1nc(Cl)c2nc(-c3cccs3)n(C3OCCC3OC(C)=O)c2n1. The van der Waals surface area contributed by atoms with Crippen LogP contribution in [0.25, 0.3) is 21.9 Å². The van der Waals surface area contributed by atoms with Crippen molar-refractivity contribution in [2.24, 2.45) is 0 Å². The van der Waals surface area contributed by atoms with E-state index in [-0.39, 0.29) is 11.1 Å². The summed E-state index contributed by atoms with van der Waals surface area (Å²) in [4.78, 5) is 26.4. The van der Waals surface area contributed by atoms with Crippen LogP contribution in [0.3, 0.4) is 0 Å². The van der Waals surface area contributed by atoms with Gasteiger partial charge in [-0.2, -0.15) is 0 Å². The molecule has 0 aliphatic carbocycles. The van der Waals surface area contributed by atoms with Gasteiger partial charge in [0.1, 0.15) is 11.6 Å². The van der Waals surface area contributed by atoms with E-state index < -0.39 is 12.3 Å². The van der Waals surface area contributed by atoms with E-state index in [1.807, 2.05) is 22.1 Å². The summed E-state index contributed by atoms with van der Waals surface area (Å²) >= 11 is 8.06. The molecule has 0 bridgehead atoms. The first-order valence-electron chi connectivity index (χ1n) is 11.4. The quantitative estimate of drug-likeness (QED) is 0.174. The summed E-state index contributed by atoms with van der Waals surface area (Å²) in [5.41, 5.74) is 0.997. The average Bonchev–Trinajstić information content (AvgIpc) is 3.52. The van der Waals surface area contributed by atoms with Gasteiger partial charge in [0.05, 0.1) is 11.5 Å². The van der Waals surface area contributed by atoms with E-state index in [4.69, 9.17) is 26.1 Å². The van der Waals surface area contributed by atoms with E-state index >= 15 is 0 Å². The van der Waals surface area contributed by atoms with Crippen molar-refractivity contribution in [3.63, 3.8) is 0 Å². The molecule has 0 amide bonds. The summed E-state index contributed by atoms with van der Waals surface area (Å²) in [5, 5.41) is 2.22. The van der Waals surface area contributed by atoms with Crippen molar-refractivity contribution in [2.75, 3.05) is 6.61 Å². The molecule has 2 atom stereocenters. The molecule has 1 aliphatic heterocycles. The smallest absolute Gasteiger partial charge is 0.303 e. The normalized spacial score (nSPS) is 17.8. The van der Waals surface area contributed by atoms with Crippen molar-refractivity contribution in [1.82, 2.24) is 19.5 Å². The molecule has 1 aliphatic rings. The van der Waals surface area contributed by atoms with Gasteiger partial charge in [-0.1, -0.05) is 56.2 Å². The lowest BCUT2D eigenvalue weighted by Gasteiger charge is -2.21. The van der Waals surface area contributed by atoms with Crippen molar-refractivity contribution in [1.29, 1.82) is 0 Å². The third-order valence-corrected chi connectivity index (χ3v) is 6.55. The molecule has 1 fully saturated rings. The predicted octanol–water partition coefficient (Wildman–Crippen LogP) is 5.77. The molecule has 3 aromatic heterocycles. The van der Waals surface area contributed by atoms with Gasteiger partial charge in [-0.15, -0.1) is 11.3 Å². The summed E-state index contributed by atoms with van der Waals surface area (Å²) in [7, 11) is 0. The van der Waals surface area contributed by atoms with Crippen LogP contribution in [0.2, 0.25) is 5.15 Å². The van der Waals surface area contributed by atoms with Crippen molar-refractivity contribution in [2.45, 2.75) is 71.1 Å². The Morgan fingerprint density at radius 3 is 2.91 bits per heavy atom. The van der Waals surface area contributed by atoms with Crippen LogP contribution >= 0.6 is 22.9 Å². The van der Waals surface area contributed by atoms with Crippen LogP contribution in [0.15, 0.2) is 17.5 Å². The fourth-order valence-electron chi connectivity index (χ4n) is 3.90. The molecule has 3 aromatic rings. The Morgan fingerprint density at radius 2 is 2.15 bits per heavy atom. The van der Waals surface area contributed by atoms with E-state index in [2.05, 4.69) is 28.7 Å². The number of aromatic nitrogens is 4. The minimum atomic E-state index is -0.554. The van der Waals surface area contributed by atoms with Gasteiger partial charge in [0.15, 0.2) is 22.9 Å². The number of rotatable bonds is 8. The summed E-state index contributed by atoms with van der Waals surface area (Å²) < 4.78 is 13.4. The Morgan fingerprint density at radius 1 is 1.30 bits per heavy atom. The van der Waals surface area contributed by atoms with Crippen LogP contribution in [-0.4, -0.2) is 38.2 Å². The number of nitrogens with zero attached hydrogens (tertiary/aromatic N) is 4. The van der Waals surface area contributed by atoms with E-state index in [9.17, 15) is 4.79 Å². The van der Waals surface area contributed by atoms with E-state index in [1.165, 1.54) is 32.6 Å². The monoisotopic (exact) mass is 486 g/mol. The molecule has 4 rings (SSSR count). The van der Waals surface area contributed by atoms with Gasteiger partial charge in [0, 0.05) is 19.8 Å². The van der Waals surface area contributed by atoms with Gasteiger partial charge in [0.2, 0.25) is 5.82 Å². The number of thiophene rings is 1. The molecule has 9 heteroatoms. The Hall–Kier alpha value is -2.47. The Balaban J connectivity index is 1.70. The second-order valence-corrected chi connectivity index (χ2v) is 9.26. The molecule has 7 nitrogen and oxygen atoms in total. The summed E-state index contributed by atoms with van der Waals surface area (Å²) in [6.45, 7) is 4.07. The topological polar surface area (TPSA) is 79.1 Å². The van der Waals surface area contributed by atoms with Crippen LogP contribution in [-0.2, 0) is 14.3 Å². The highest BCUT2D eigenvalue weighted by molar-refractivity contribution is 7.13. The molecular weight excluding hydrogens is 460 g/mol. The zero-order valence-corrected chi connectivity index (χ0v) is 20.4. The lowest BCUT2D eigenvalue weighted by Crippen LogP contribution is -2.25. The molecular formula is C24H27ClN4O3S. The first kappa shape index (κ1) is 23.7. The number of hydrogen-bond donors (Lipinski definition) is 0. The second-order valence-electron chi connectivity index (χ2n) is 7.96. The minimum Gasteiger partial charge on any atom is -0.458 e. The van der Waals surface area contributed by atoms with Crippen molar-refractivity contribution in [3.8, 4) is 22.5 Å². The molecule has 0 aromatic carbocycles. The third-order valence-electron chi connectivity index (χ3n) is 5.43. The van der Waals surface area contributed by atoms with Gasteiger partial charge in [-0.05, 0) is 23.8 Å². The minimum absolute atomic E-state index is 0.242. The molecule has 0 N–H and O–H groups in total. The number of esters is 1. The number of unbranched alkanes of at least 4 members (excludes halogenated alkanes) is 5. The van der Waals surface area contributed by atoms with E-state index in [0.717, 1.165) is 17.7 Å². The maximum Gasteiger partial charge on any atom is 0.303 e. The van der Waals surface area contributed by atoms with Crippen molar-refractivity contribution in [3.05, 3.63) is 28.5 Å². The van der Waals surface area contributed by atoms with Gasteiger partial charge in [-0.25, -0.2) is 15.0 Å². The Labute approximate surface area is 202 Å².